The van der Waals surface area contributed by atoms with Gasteiger partial charge in [0.15, 0.2) is 0 Å². The first-order valence-electron chi connectivity index (χ1n) is 5.68. The van der Waals surface area contributed by atoms with E-state index in [0.29, 0.717) is 17.9 Å². The van der Waals surface area contributed by atoms with E-state index < -0.39 is 4.92 Å². The van der Waals surface area contributed by atoms with Gasteiger partial charge in [0.1, 0.15) is 0 Å². The molecule has 0 spiro atoms. The van der Waals surface area contributed by atoms with Gasteiger partial charge in [0.05, 0.1) is 22.8 Å². The topological polar surface area (TPSA) is 98.4 Å². The number of nitrogens with zero attached hydrogens (tertiary/aromatic N) is 2. The highest BCUT2D eigenvalue weighted by atomic mass is 16.6. The maximum Gasteiger partial charge on any atom is 0.271 e. The van der Waals surface area contributed by atoms with Crippen LogP contribution in [0.25, 0.3) is 0 Å². The SMILES string of the molecule is Nc1ccc([N+](=O)[O-])cc1N(N)Cc1ccccc1. The minimum Gasteiger partial charge on any atom is -0.397 e. The number of hydrazine groups is 1. The van der Waals surface area contributed by atoms with Gasteiger partial charge in [0, 0.05) is 12.1 Å². The van der Waals surface area contributed by atoms with Gasteiger partial charge in [-0.15, -0.1) is 0 Å². The molecule has 0 saturated heterocycles. The van der Waals surface area contributed by atoms with Crippen molar-refractivity contribution in [2.75, 3.05) is 10.7 Å². The van der Waals surface area contributed by atoms with E-state index in [2.05, 4.69) is 0 Å². The van der Waals surface area contributed by atoms with Gasteiger partial charge in [-0.1, -0.05) is 30.3 Å². The Bertz CT molecular complexity index is 586. The molecular formula is C13H14N4O2. The summed E-state index contributed by atoms with van der Waals surface area (Å²) in [5, 5.41) is 12.2. The van der Waals surface area contributed by atoms with Crippen molar-refractivity contribution < 1.29 is 4.92 Å². The van der Waals surface area contributed by atoms with E-state index >= 15 is 0 Å². The van der Waals surface area contributed by atoms with Crippen molar-refractivity contribution in [3.8, 4) is 0 Å². The zero-order chi connectivity index (χ0) is 13.8. The van der Waals surface area contributed by atoms with Crippen molar-refractivity contribution in [2.24, 2.45) is 5.84 Å². The molecule has 0 aliphatic heterocycles. The second kappa shape index (κ2) is 5.36. The van der Waals surface area contributed by atoms with Crippen molar-refractivity contribution >= 4 is 17.1 Å². The van der Waals surface area contributed by atoms with E-state index in [0.717, 1.165) is 5.56 Å². The Balaban J connectivity index is 2.25. The van der Waals surface area contributed by atoms with Crippen LogP contribution in [-0.4, -0.2) is 4.92 Å². The summed E-state index contributed by atoms with van der Waals surface area (Å²) in [7, 11) is 0. The lowest BCUT2D eigenvalue weighted by Gasteiger charge is -2.20. The van der Waals surface area contributed by atoms with Crippen LogP contribution in [0.15, 0.2) is 48.5 Å². The Morgan fingerprint density at radius 1 is 1.16 bits per heavy atom. The van der Waals surface area contributed by atoms with Crippen LogP contribution in [-0.2, 0) is 6.54 Å². The quantitative estimate of drug-likeness (QED) is 0.378. The van der Waals surface area contributed by atoms with Gasteiger partial charge in [-0.25, -0.2) is 5.84 Å². The minimum absolute atomic E-state index is 0.0345. The lowest BCUT2D eigenvalue weighted by Crippen LogP contribution is -2.30. The van der Waals surface area contributed by atoms with Crippen LogP contribution in [0.1, 0.15) is 5.56 Å². The highest BCUT2D eigenvalue weighted by Gasteiger charge is 2.13. The molecule has 0 amide bonds. The summed E-state index contributed by atoms with van der Waals surface area (Å²) in [6.45, 7) is 0.423. The van der Waals surface area contributed by atoms with E-state index in [4.69, 9.17) is 11.6 Å². The normalized spacial score (nSPS) is 10.2. The Morgan fingerprint density at radius 3 is 2.47 bits per heavy atom. The number of nitro benzene ring substituents is 1. The number of rotatable bonds is 4. The van der Waals surface area contributed by atoms with Gasteiger partial charge >= 0.3 is 0 Å². The lowest BCUT2D eigenvalue weighted by molar-refractivity contribution is -0.384. The van der Waals surface area contributed by atoms with Gasteiger partial charge in [0.2, 0.25) is 0 Å². The number of benzene rings is 2. The Kier molecular flexibility index (Phi) is 3.63. The first kappa shape index (κ1) is 12.8. The smallest absolute Gasteiger partial charge is 0.271 e. The standard InChI is InChI=1S/C13H14N4O2/c14-12-7-6-11(17(18)19)8-13(12)16(15)9-10-4-2-1-3-5-10/h1-8H,9,14-15H2. The fourth-order valence-electron chi connectivity index (χ4n) is 1.76. The molecule has 6 nitrogen and oxygen atoms in total. The number of nitrogens with two attached hydrogens (primary N) is 2. The van der Waals surface area contributed by atoms with Gasteiger partial charge in [0.25, 0.3) is 5.69 Å². The summed E-state index contributed by atoms with van der Waals surface area (Å²) in [6.07, 6.45) is 0. The molecule has 4 N–H and O–H groups in total. The van der Waals surface area contributed by atoms with E-state index in [1.807, 2.05) is 30.3 Å². The molecule has 0 atom stereocenters. The average Bonchev–Trinajstić information content (AvgIpc) is 2.40. The molecular weight excluding hydrogens is 244 g/mol. The molecule has 0 bridgehead atoms. The fourth-order valence-corrected chi connectivity index (χ4v) is 1.76. The monoisotopic (exact) mass is 258 g/mol. The van der Waals surface area contributed by atoms with Crippen LogP contribution in [0.3, 0.4) is 0 Å². The number of hydrogen-bond donors (Lipinski definition) is 2. The molecule has 2 aromatic rings. The Hall–Kier alpha value is -2.60. The molecule has 2 rings (SSSR count). The highest BCUT2D eigenvalue weighted by molar-refractivity contribution is 5.70. The molecule has 19 heavy (non-hydrogen) atoms. The van der Waals surface area contributed by atoms with E-state index in [1.165, 1.54) is 23.2 Å². The van der Waals surface area contributed by atoms with Crippen LogP contribution in [0.5, 0.6) is 0 Å². The van der Waals surface area contributed by atoms with Crippen LogP contribution < -0.4 is 16.6 Å². The Morgan fingerprint density at radius 2 is 1.84 bits per heavy atom. The zero-order valence-electron chi connectivity index (χ0n) is 10.2. The first-order valence-corrected chi connectivity index (χ1v) is 5.68. The van der Waals surface area contributed by atoms with E-state index in [-0.39, 0.29) is 5.69 Å². The number of non-ortho nitro benzene ring substituents is 1. The summed E-state index contributed by atoms with van der Waals surface area (Å²) >= 11 is 0. The second-order valence-electron chi connectivity index (χ2n) is 4.11. The first-order chi connectivity index (χ1) is 9.08. The summed E-state index contributed by atoms with van der Waals surface area (Å²) in [4.78, 5) is 10.3. The predicted molar refractivity (Wildman–Crippen MR) is 74.3 cm³/mol. The van der Waals surface area contributed by atoms with Crippen molar-refractivity contribution in [2.45, 2.75) is 6.54 Å². The zero-order valence-corrected chi connectivity index (χ0v) is 10.2. The third kappa shape index (κ3) is 2.99. The van der Waals surface area contributed by atoms with Crippen molar-refractivity contribution in [3.63, 3.8) is 0 Å². The molecule has 0 aromatic heterocycles. The molecule has 2 aromatic carbocycles. The maximum absolute atomic E-state index is 10.8. The van der Waals surface area contributed by atoms with Crippen LogP contribution in [0.4, 0.5) is 17.1 Å². The maximum atomic E-state index is 10.8. The molecule has 0 heterocycles. The molecule has 0 fully saturated rings. The van der Waals surface area contributed by atoms with Crippen molar-refractivity contribution in [1.29, 1.82) is 0 Å². The van der Waals surface area contributed by atoms with Crippen LogP contribution in [0, 0.1) is 10.1 Å². The number of anilines is 2. The van der Waals surface area contributed by atoms with Crippen molar-refractivity contribution in [3.05, 3.63) is 64.2 Å². The molecule has 0 radical (unpaired) electrons. The molecule has 0 aliphatic rings. The Labute approximate surface area is 110 Å². The summed E-state index contributed by atoms with van der Waals surface area (Å²) in [5.74, 6) is 5.93. The summed E-state index contributed by atoms with van der Waals surface area (Å²) < 4.78 is 0. The van der Waals surface area contributed by atoms with Gasteiger partial charge in [-0.05, 0) is 11.6 Å². The van der Waals surface area contributed by atoms with Crippen LogP contribution >= 0.6 is 0 Å². The molecule has 0 unspecified atom stereocenters. The van der Waals surface area contributed by atoms with E-state index in [1.54, 1.807) is 0 Å². The van der Waals surface area contributed by atoms with Gasteiger partial charge in [-0.2, -0.15) is 0 Å². The highest BCUT2D eigenvalue weighted by Crippen LogP contribution is 2.27. The third-order valence-electron chi connectivity index (χ3n) is 2.73. The number of nitro groups is 1. The van der Waals surface area contributed by atoms with Gasteiger partial charge in [-0.3, -0.25) is 10.1 Å². The summed E-state index contributed by atoms with van der Waals surface area (Å²) in [6, 6.07) is 13.8. The molecule has 6 heteroatoms. The third-order valence-corrected chi connectivity index (χ3v) is 2.73. The lowest BCUT2D eigenvalue weighted by atomic mass is 10.2. The molecule has 0 aliphatic carbocycles. The largest absolute Gasteiger partial charge is 0.397 e. The predicted octanol–water partition coefficient (Wildman–Crippen LogP) is 2.06. The number of nitrogen functional groups attached to an aromatic ring is 1. The average molecular weight is 258 g/mol. The molecule has 98 valence electrons. The summed E-state index contributed by atoms with van der Waals surface area (Å²) in [5.41, 5.74) is 7.61. The minimum atomic E-state index is -0.473. The fraction of sp³-hybridized carbons (Fsp3) is 0.0769. The van der Waals surface area contributed by atoms with E-state index in [9.17, 15) is 10.1 Å². The number of hydrogen-bond acceptors (Lipinski definition) is 5. The second-order valence-corrected chi connectivity index (χ2v) is 4.11. The molecule has 0 saturated carbocycles. The van der Waals surface area contributed by atoms with Gasteiger partial charge < -0.3 is 10.7 Å². The van der Waals surface area contributed by atoms with Crippen LogP contribution in [0.2, 0.25) is 0 Å². The van der Waals surface area contributed by atoms with Crippen molar-refractivity contribution in [1.82, 2.24) is 0 Å².